The molecule has 1 aromatic carbocycles. The van der Waals surface area contributed by atoms with E-state index in [9.17, 15) is 5.26 Å². The lowest BCUT2D eigenvalue weighted by molar-refractivity contribution is 0.0974. The van der Waals surface area contributed by atoms with Gasteiger partial charge >= 0.3 is 0 Å². The van der Waals surface area contributed by atoms with Crippen molar-refractivity contribution < 1.29 is 13.5 Å². The first kappa shape index (κ1) is 32.8. The number of aryl methyl sites for hydroxylation is 1. The highest BCUT2D eigenvalue weighted by molar-refractivity contribution is 7.99. The third-order valence-corrected chi connectivity index (χ3v) is 10.5. The molecule has 2 aliphatic heterocycles. The molecule has 2 aliphatic rings. The van der Waals surface area contributed by atoms with E-state index >= 15 is 8.78 Å². The van der Waals surface area contributed by atoms with Gasteiger partial charge in [0.25, 0.3) is 0 Å². The minimum atomic E-state index is -0.730. The molecule has 0 bridgehead atoms. The smallest absolute Gasteiger partial charge is 0.229 e. The number of pyridine rings is 1. The summed E-state index contributed by atoms with van der Waals surface area (Å²) in [5.41, 5.74) is 7.57. The number of imidazole rings is 1. The summed E-state index contributed by atoms with van der Waals surface area (Å²) in [5.74, 6) is 0.283. The molecule has 6 heterocycles. The van der Waals surface area contributed by atoms with Gasteiger partial charge in [-0.25, -0.2) is 38.7 Å². The molecule has 0 radical (unpaired) electrons. The summed E-state index contributed by atoms with van der Waals surface area (Å²) in [7, 11) is 0. The molecule has 252 valence electrons. The number of rotatable bonds is 7. The summed E-state index contributed by atoms with van der Waals surface area (Å²) >= 11 is 1.27. The summed E-state index contributed by atoms with van der Waals surface area (Å²) in [6, 6.07) is 6.82. The number of fused-ring (bicyclic) bond motifs is 1. The molecule has 0 amide bonds. The summed E-state index contributed by atoms with van der Waals surface area (Å²) in [6.07, 6.45) is 7.90. The van der Waals surface area contributed by atoms with Crippen molar-refractivity contribution in [3.05, 3.63) is 66.0 Å². The number of anilines is 3. The minimum Gasteiger partial charge on any atom is -0.376 e. The van der Waals surface area contributed by atoms with Crippen LogP contribution in [0.2, 0.25) is 0 Å². The van der Waals surface area contributed by atoms with Gasteiger partial charge in [-0.1, -0.05) is 11.8 Å². The van der Waals surface area contributed by atoms with Crippen molar-refractivity contribution in [2.75, 3.05) is 29.9 Å². The normalized spacial score (nSPS) is 18.8. The number of nitrogens with one attached hydrogen (secondary N) is 1. The molecule has 49 heavy (non-hydrogen) atoms. The van der Waals surface area contributed by atoms with Crippen molar-refractivity contribution in [3.8, 4) is 17.3 Å². The molecule has 5 aromatic rings. The Hall–Kier alpha value is -4.78. The van der Waals surface area contributed by atoms with Crippen LogP contribution in [0.3, 0.4) is 0 Å². The van der Waals surface area contributed by atoms with E-state index in [0.29, 0.717) is 27.9 Å². The number of aromatic nitrogens is 7. The Morgan fingerprint density at radius 3 is 2.55 bits per heavy atom. The van der Waals surface area contributed by atoms with E-state index in [2.05, 4.69) is 46.2 Å². The Kier molecular flexibility index (Phi) is 8.64. The van der Waals surface area contributed by atoms with Gasteiger partial charge in [0.15, 0.2) is 17.5 Å². The second-order valence-corrected chi connectivity index (χ2v) is 13.9. The quantitative estimate of drug-likeness (QED) is 0.208. The molecule has 0 saturated carbocycles. The van der Waals surface area contributed by atoms with Gasteiger partial charge in [-0.05, 0) is 58.7 Å². The zero-order valence-electron chi connectivity index (χ0n) is 27.5. The van der Waals surface area contributed by atoms with Crippen molar-refractivity contribution in [3.63, 3.8) is 0 Å². The molecule has 7 rings (SSSR count). The predicted octanol–water partition coefficient (Wildman–Crippen LogP) is 5.94. The average Bonchev–Trinajstić information content (AvgIpc) is 3.58. The number of nitrogens with two attached hydrogens (primary N) is 1. The molecule has 2 saturated heterocycles. The topological polar surface area (TPSA) is 157 Å². The zero-order valence-corrected chi connectivity index (χ0v) is 28.3. The molecule has 15 heteroatoms. The van der Waals surface area contributed by atoms with Crippen molar-refractivity contribution in [1.29, 1.82) is 5.26 Å². The molecule has 0 unspecified atom stereocenters. The van der Waals surface area contributed by atoms with Crippen molar-refractivity contribution in [2.24, 2.45) is 11.1 Å². The van der Waals surface area contributed by atoms with E-state index in [1.807, 2.05) is 25.3 Å². The molecule has 2 fully saturated rings. The third-order valence-electron chi connectivity index (χ3n) is 9.47. The highest BCUT2D eigenvalue weighted by atomic mass is 32.2. The van der Waals surface area contributed by atoms with Gasteiger partial charge in [-0.15, -0.1) is 0 Å². The average molecular weight is 684 g/mol. The van der Waals surface area contributed by atoms with E-state index in [1.165, 1.54) is 24.0 Å². The van der Waals surface area contributed by atoms with Gasteiger partial charge in [0.05, 0.1) is 36.8 Å². The van der Waals surface area contributed by atoms with Crippen LogP contribution in [-0.4, -0.2) is 66.3 Å². The summed E-state index contributed by atoms with van der Waals surface area (Å²) < 4.78 is 38.0. The predicted molar refractivity (Wildman–Crippen MR) is 181 cm³/mol. The Morgan fingerprint density at radius 2 is 1.88 bits per heavy atom. The van der Waals surface area contributed by atoms with Gasteiger partial charge in [0, 0.05) is 47.2 Å². The Labute approximate surface area is 286 Å². The van der Waals surface area contributed by atoms with Crippen LogP contribution in [-0.2, 0) is 4.74 Å². The number of nitriles is 1. The zero-order chi connectivity index (χ0) is 34.4. The van der Waals surface area contributed by atoms with E-state index < -0.39 is 11.6 Å². The van der Waals surface area contributed by atoms with Crippen LogP contribution in [0.4, 0.5) is 26.4 Å². The largest absolute Gasteiger partial charge is 0.376 e. The maximum Gasteiger partial charge on any atom is 0.229 e. The van der Waals surface area contributed by atoms with Gasteiger partial charge in [-0.2, -0.15) is 5.26 Å². The van der Waals surface area contributed by atoms with Crippen molar-refractivity contribution in [2.45, 2.75) is 68.6 Å². The molecule has 2 atom stereocenters. The van der Waals surface area contributed by atoms with E-state index in [1.54, 1.807) is 31.5 Å². The molecular weight excluding hydrogens is 649 g/mol. The molecule has 3 N–H and O–H groups in total. The first-order valence-corrected chi connectivity index (χ1v) is 16.9. The first-order chi connectivity index (χ1) is 23.6. The number of ether oxygens (including phenoxy) is 1. The van der Waals surface area contributed by atoms with Gasteiger partial charge in [0.2, 0.25) is 5.95 Å². The fourth-order valence-electron chi connectivity index (χ4n) is 6.82. The second-order valence-electron chi connectivity index (χ2n) is 12.8. The lowest BCUT2D eigenvalue weighted by Gasteiger charge is -2.41. The van der Waals surface area contributed by atoms with E-state index in [4.69, 9.17) is 10.5 Å². The van der Waals surface area contributed by atoms with Crippen molar-refractivity contribution in [1.82, 2.24) is 34.5 Å². The van der Waals surface area contributed by atoms with Crippen LogP contribution in [0.1, 0.15) is 51.0 Å². The van der Waals surface area contributed by atoms with Crippen LogP contribution in [0.15, 0.2) is 52.9 Å². The Morgan fingerprint density at radius 1 is 1.08 bits per heavy atom. The second kappa shape index (κ2) is 12.9. The minimum absolute atomic E-state index is 0.00968. The SMILES string of the molecule is Cc1nc2c(F)cc(-c3nc(Nc4nccc(Sc5cnc(N6CCC7(CC6)CO[C@@H](C)[C@H]7N)cn5)c4C#N)ncc3F)cc2n1C(C)C. The molecule has 1 spiro atoms. The maximum atomic E-state index is 15.2. The fraction of sp³-hybridized carbons (Fsp3) is 0.382. The maximum absolute atomic E-state index is 15.2. The van der Waals surface area contributed by atoms with E-state index in [0.717, 1.165) is 37.9 Å². The van der Waals surface area contributed by atoms with Crippen LogP contribution < -0.4 is 16.0 Å². The fourth-order valence-corrected chi connectivity index (χ4v) is 7.63. The van der Waals surface area contributed by atoms with Crippen LogP contribution in [0.5, 0.6) is 0 Å². The highest BCUT2D eigenvalue weighted by Gasteiger charge is 2.47. The standard InChI is InChI=1S/C34H35F2N11OS/c1-18(2)47-20(4)43-30-23(35)11-21(12-25(30)47)29-24(36)14-42-33(44-29)45-32-22(13-37)26(5-8-39-32)49-28-16-40-27(15-41-28)46-9-6-34(7-10-46)17-48-19(3)31(34)38/h5,8,11-12,14-16,18-19,31H,6-7,9-10,17,38H2,1-4H3,(H,39,42,44,45)/t19-,31+/m0/s1. The molecule has 4 aromatic heterocycles. The lowest BCUT2D eigenvalue weighted by atomic mass is 9.73. The number of hydrogen-bond donors (Lipinski definition) is 2. The van der Waals surface area contributed by atoms with Crippen LogP contribution in [0, 0.1) is 35.3 Å². The first-order valence-electron chi connectivity index (χ1n) is 16.1. The van der Waals surface area contributed by atoms with Crippen LogP contribution >= 0.6 is 11.8 Å². The number of piperidine rings is 1. The number of benzene rings is 1. The molecular formula is C34H35F2N11OS. The van der Waals surface area contributed by atoms with Crippen molar-refractivity contribution >= 4 is 40.4 Å². The summed E-state index contributed by atoms with van der Waals surface area (Å²) in [6.45, 7) is 10.1. The Bertz CT molecular complexity index is 2070. The number of halogens is 2. The summed E-state index contributed by atoms with van der Waals surface area (Å²) in [4.78, 5) is 29.2. The Balaban J connectivity index is 1.09. The molecule has 0 aliphatic carbocycles. The lowest BCUT2D eigenvalue weighted by Crippen LogP contribution is -2.50. The number of nitrogens with zero attached hydrogens (tertiary/aromatic N) is 9. The number of hydrogen-bond acceptors (Lipinski definition) is 12. The monoisotopic (exact) mass is 683 g/mol. The van der Waals surface area contributed by atoms with Gasteiger partial charge < -0.3 is 25.3 Å². The third kappa shape index (κ3) is 6.04. The summed E-state index contributed by atoms with van der Waals surface area (Å²) in [5, 5.41) is 13.7. The molecule has 12 nitrogen and oxygen atoms in total. The van der Waals surface area contributed by atoms with Gasteiger partial charge in [0.1, 0.15) is 39.5 Å². The highest BCUT2D eigenvalue weighted by Crippen LogP contribution is 2.42. The van der Waals surface area contributed by atoms with Gasteiger partial charge in [-0.3, -0.25) is 0 Å². The van der Waals surface area contributed by atoms with E-state index in [-0.39, 0.29) is 57.7 Å². The van der Waals surface area contributed by atoms with Crippen LogP contribution in [0.25, 0.3) is 22.3 Å².